The predicted molar refractivity (Wildman–Crippen MR) is 49.7 cm³/mol. The number of carboxylic acid groups (broad SMARTS) is 1. The molecule has 0 spiro atoms. The Labute approximate surface area is 84.7 Å². The van der Waals surface area contributed by atoms with Crippen molar-refractivity contribution in [2.24, 2.45) is 0 Å². The minimum Gasteiger partial charge on any atom is -0.481 e. The highest BCUT2D eigenvalue weighted by molar-refractivity contribution is 5.70. The SMILES string of the molecule is Cc1cc(CC(=O)O)nc(N)c1C(F)F. The maximum Gasteiger partial charge on any atom is 0.309 e. The van der Waals surface area contributed by atoms with Crippen molar-refractivity contribution in [2.45, 2.75) is 19.8 Å². The molecule has 0 aromatic carbocycles. The standard InChI is InChI=1S/C9H10F2N2O2/c1-4-2-5(3-6(14)15)13-9(12)7(4)8(10)11/h2,8H,3H2,1H3,(H2,12,13)(H,14,15). The Kier molecular flexibility index (Phi) is 3.18. The topological polar surface area (TPSA) is 76.2 Å². The smallest absolute Gasteiger partial charge is 0.309 e. The van der Waals surface area contributed by atoms with E-state index < -0.39 is 12.4 Å². The molecule has 15 heavy (non-hydrogen) atoms. The zero-order valence-corrected chi connectivity index (χ0v) is 8.00. The maximum atomic E-state index is 12.4. The monoisotopic (exact) mass is 216 g/mol. The van der Waals surface area contributed by atoms with E-state index in [1.165, 1.54) is 13.0 Å². The summed E-state index contributed by atoms with van der Waals surface area (Å²) >= 11 is 0. The largest absolute Gasteiger partial charge is 0.481 e. The molecular formula is C9H10F2N2O2. The van der Waals surface area contributed by atoms with Crippen LogP contribution in [0.2, 0.25) is 0 Å². The molecule has 1 rings (SSSR count). The third-order valence-electron chi connectivity index (χ3n) is 1.90. The third kappa shape index (κ3) is 2.61. The van der Waals surface area contributed by atoms with E-state index in [1.807, 2.05) is 0 Å². The van der Waals surface area contributed by atoms with E-state index >= 15 is 0 Å². The van der Waals surface area contributed by atoms with Gasteiger partial charge in [0.05, 0.1) is 17.7 Å². The summed E-state index contributed by atoms with van der Waals surface area (Å²) in [5, 5.41) is 8.50. The number of rotatable bonds is 3. The molecule has 0 aliphatic rings. The fourth-order valence-corrected chi connectivity index (χ4v) is 1.31. The van der Waals surface area contributed by atoms with Crippen LogP contribution in [-0.4, -0.2) is 16.1 Å². The van der Waals surface area contributed by atoms with Crippen LogP contribution in [0, 0.1) is 6.92 Å². The number of anilines is 1. The van der Waals surface area contributed by atoms with Crippen LogP contribution in [-0.2, 0) is 11.2 Å². The number of hydrogen-bond donors (Lipinski definition) is 2. The van der Waals surface area contributed by atoms with Crippen LogP contribution < -0.4 is 5.73 Å². The van der Waals surface area contributed by atoms with E-state index in [2.05, 4.69) is 4.98 Å². The number of aromatic nitrogens is 1. The molecular weight excluding hydrogens is 206 g/mol. The molecule has 4 nitrogen and oxygen atoms in total. The second-order valence-corrected chi connectivity index (χ2v) is 3.10. The number of nitrogens with zero attached hydrogens (tertiary/aromatic N) is 1. The Morgan fingerprint density at radius 3 is 2.67 bits per heavy atom. The van der Waals surface area contributed by atoms with Crippen molar-refractivity contribution in [2.75, 3.05) is 5.73 Å². The number of pyridine rings is 1. The van der Waals surface area contributed by atoms with Gasteiger partial charge in [-0.3, -0.25) is 4.79 Å². The highest BCUT2D eigenvalue weighted by Crippen LogP contribution is 2.27. The lowest BCUT2D eigenvalue weighted by atomic mass is 10.1. The number of carboxylic acids is 1. The minimum atomic E-state index is -2.70. The van der Waals surface area contributed by atoms with Crippen LogP contribution in [0.25, 0.3) is 0 Å². The number of alkyl halides is 2. The summed E-state index contributed by atoms with van der Waals surface area (Å²) in [4.78, 5) is 14.0. The van der Waals surface area contributed by atoms with Gasteiger partial charge in [-0.15, -0.1) is 0 Å². The highest BCUT2D eigenvalue weighted by atomic mass is 19.3. The van der Waals surface area contributed by atoms with Gasteiger partial charge in [0.25, 0.3) is 6.43 Å². The van der Waals surface area contributed by atoms with Crippen molar-refractivity contribution >= 4 is 11.8 Å². The zero-order chi connectivity index (χ0) is 11.6. The lowest BCUT2D eigenvalue weighted by molar-refractivity contribution is -0.136. The van der Waals surface area contributed by atoms with Gasteiger partial charge in [-0.25, -0.2) is 13.8 Å². The summed E-state index contributed by atoms with van der Waals surface area (Å²) in [7, 11) is 0. The van der Waals surface area contributed by atoms with Crippen LogP contribution >= 0.6 is 0 Å². The van der Waals surface area contributed by atoms with E-state index in [9.17, 15) is 13.6 Å². The van der Waals surface area contributed by atoms with Gasteiger partial charge in [0.15, 0.2) is 0 Å². The van der Waals surface area contributed by atoms with E-state index in [4.69, 9.17) is 10.8 Å². The second-order valence-electron chi connectivity index (χ2n) is 3.10. The number of aliphatic carboxylic acids is 1. The molecule has 1 aromatic rings. The summed E-state index contributed by atoms with van der Waals surface area (Å²) < 4.78 is 24.9. The first-order chi connectivity index (χ1) is 6.91. The zero-order valence-electron chi connectivity index (χ0n) is 8.00. The number of carbonyl (C=O) groups is 1. The molecule has 6 heteroatoms. The van der Waals surface area contributed by atoms with Gasteiger partial charge in [0.1, 0.15) is 5.82 Å². The fraction of sp³-hybridized carbons (Fsp3) is 0.333. The molecule has 0 radical (unpaired) electrons. The highest BCUT2D eigenvalue weighted by Gasteiger charge is 2.17. The molecule has 0 fully saturated rings. The van der Waals surface area contributed by atoms with Gasteiger partial charge in [0.2, 0.25) is 0 Å². The first kappa shape index (κ1) is 11.4. The van der Waals surface area contributed by atoms with Gasteiger partial charge in [-0.1, -0.05) is 0 Å². The molecule has 0 saturated carbocycles. The third-order valence-corrected chi connectivity index (χ3v) is 1.90. The molecule has 0 saturated heterocycles. The van der Waals surface area contributed by atoms with Gasteiger partial charge in [-0.05, 0) is 18.6 Å². The van der Waals surface area contributed by atoms with Crippen molar-refractivity contribution in [3.63, 3.8) is 0 Å². The van der Waals surface area contributed by atoms with Crippen LogP contribution in [0.3, 0.4) is 0 Å². The van der Waals surface area contributed by atoms with Gasteiger partial charge in [-0.2, -0.15) is 0 Å². The number of aryl methyl sites for hydroxylation is 1. The molecule has 0 aliphatic carbocycles. The molecule has 0 unspecified atom stereocenters. The summed E-state index contributed by atoms with van der Waals surface area (Å²) in [6.45, 7) is 1.45. The summed E-state index contributed by atoms with van der Waals surface area (Å²) in [5.41, 5.74) is 5.43. The second kappa shape index (κ2) is 4.20. The number of nitrogen functional groups attached to an aromatic ring is 1. The van der Waals surface area contributed by atoms with Crippen molar-refractivity contribution in [1.29, 1.82) is 0 Å². The lowest BCUT2D eigenvalue weighted by Crippen LogP contribution is -2.08. The predicted octanol–water partition coefficient (Wildman–Crippen LogP) is 1.54. The first-order valence-corrected chi connectivity index (χ1v) is 4.17. The average molecular weight is 216 g/mol. The number of hydrogen-bond acceptors (Lipinski definition) is 3. The Hall–Kier alpha value is -1.72. The summed E-state index contributed by atoms with van der Waals surface area (Å²) in [6.07, 6.45) is -3.02. The Bertz CT molecular complexity index is 371. The Morgan fingerprint density at radius 1 is 1.67 bits per heavy atom. The molecule has 0 atom stereocenters. The van der Waals surface area contributed by atoms with E-state index in [-0.39, 0.29) is 29.1 Å². The molecule has 3 N–H and O–H groups in total. The molecule has 0 bridgehead atoms. The first-order valence-electron chi connectivity index (χ1n) is 4.17. The molecule has 0 aliphatic heterocycles. The van der Waals surface area contributed by atoms with E-state index in [1.54, 1.807) is 0 Å². The summed E-state index contributed by atoms with van der Waals surface area (Å²) in [5.74, 6) is -1.38. The fourth-order valence-electron chi connectivity index (χ4n) is 1.31. The molecule has 0 amide bonds. The van der Waals surface area contributed by atoms with E-state index in [0.717, 1.165) is 0 Å². The number of halogens is 2. The van der Waals surface area contributed by atoms with Gasteiger partial charge >= 0.3 is 5.97 Å². The van der Waals surface area contributed by atoms with Crippen LogP contribution in [0.1, 0.15) is 23.2 Å². The number of nitrogens with two attached hydrogens (primary N) is 1. The van der Waals surface area contributed by atoms with Gasteiger partial charge < -0.3 is 10.8 Å². The van der Waals surface area contributed by atoms with Crippen molar-refractivity contribution < 1.29 is 18.7 Å². The lowest BCUT2D eigenvalue weighted by Gasteiger charge is -2.09. The molecule has 82 valence electrons. The quantitative estimate of drug-likeness (QED) is 0.803. The van der Waals surface area contributed by atoms with E-state index in [0.29, 0.717) is 0 Å². The molecule has 1 aromatic heterocycles. The van der Waals surface area contributed by atoms with Crippen molar-refractivity contribution in [3.05, 3.63) is 22.9 Å². The Morgan fingerprint density at radius 2 is 2.27 bits per heavy atom. The maximum absolute atomic E-state index is 12.4. The van der Waals surface area contributed by atoms with Crippen molar-refractivity contribution in [3.8, 4) is 0 Å². The molecule has 1 heterocycles. The van der Waals surface area contributed by atoms with Crippen molar-refractivity contribution in [1.82, 2.24) is 4.98 Å². The van der Waals surface area contributed by atoms with Crippen LogP contribution in [0.4, 0.5) is 14.6 Å². The normalized spacial score (nSPS) is 10.7. The van der Waals surface area contributed by atoms with Gasteiger partial charge in [0, 0.05) is 0 Å². The minimum absolute atomic E-state index is 0.182. The van der Waals surface area contributed by atoms with Crippen LogP contribution in [0.15, 0.2) is 6.07 Å². The van der Waals surface area contributed by atoms with Crippen LogP contribution in [0.5, 0.6) is 0 Å². The summed E-state index contributed by atoms with van der Waals surface area (Å²) in [6, 6.07) is 1.31. The Balaban J connectivity index is 3.13. The average Bonchev–Trinajstić information content (AvgIpc) is 1.99.